The molecule has 0 unspecified atom stereocenters. The minimum Gasteiger partial charge on any atom is -0.465 e. The Balaban J connectivity index is 1.62. The van der Waals surface area contributed by atoms with Crippen LogP contribution < -0.4 is 4.90 Å². The van der Waals surface area contributed by atoms with Crippen LogP contribution >= 0.6 is 11.3 Å². The van der Waals surface area contributed by atoms with Crippen LogP contribution in [0.2, 0.25) is 0 Å². The highest BCUT2D eigenvalue weighted by molar-refractivity contribution is 7.14. The van der Waals surface area contributed by atoms with Crippen LogP contribution in [0.1, 0.15) is 93.6 Å². The molecule has 0 aromatic carbocycles. The molecule has 1 amide bonds. The smallest absolute Gasteiger partial charge is 0.350 e. The van der Waals surface area contributed by atoms with Crippen molar-refractivity contribution in [1.29, 1.82) is 0 Å². The van der Waals surface area contributed by atoms with Gasteiger partial charge in [0.2, 0.25) is 5.91 Å². The van der Waals surface area contributed by atoms with Crippen molar-refractivity contribution in [2.75, 3.05) is 25.2 Å². The molecule has 2 saturated carbocycles. The highest BCUT2D eigenvalue weighted by Crippen LogP contribution is 2.42. The first-order valence-corrected chi connectivity index (χ1v) is 13.8. The second-order valence-electron chi connectivity index (χ2n) is 11.5. The second kappa shape index (κ2) is 10.7. The summed E-state index contributed by atoms with van der Waals surface area (Å²) in [6.45, 7) is 10.1. The molecule has 4 rings (SSSR count). The van der Waals surface area contributed by atoms with Crippen molar-refractivity contribution in [3.63, 3.8) is 0 Å². The van der Waals surface area contributed by atoms with Crippen molar-refractivity contribution in [3.05, 3.63) is 15.8 Å². The van der Waals surface area contributed by atoms with Crippen LogP contribution in [0.3, 0.4) is 0 Å². The van der Waals surface area contributed by atoms with Gasteiger partial charge >= 0.3 is 5.97 Å². The third kappa shape index (κ3) is 5.68. The molecule has 2 aliphatic carbocycles. The molecular weight excluding hydrogens is 450 g/mol. The summed E-state index contributed by atoms with van der Waals surface area (Å²) >= 11 is 1.47. The third-order valence-corrected chi connectivity index (χ3v) is 9.22. The normalized spacial score (nSPS) is 28.3. The average molecular weight is 492 g/mol. The molecule has 34 heavy (non-hydrogen) atoms. The van der Waals surface area contributed by atoms with Crippen LogP contribution in [0.15, 0.2) is 6.07 Å². The molecule has 0 atom stereocenters. The maximum Gasteiger partial charge on any atom is 0.350 e. The largest absolute Gasteiger partial charge is 0.465 e. The summed E-state index contributed by atoms with van der Waals surface area (Å²) in [6, 6.07) is 2.16. The van der Waals surface area contributed by atoms with Gasteiger partial charge in [0.15, 0.2) is 0 Å². The molecule has 0 bridgehead atoms. The number of carbonyl (C=O) groups excluding carboxylic acids is 2. The predicted octanol–water partition coefficient (Wildman–Crippen LogP) is 5.72. The number of amides is 1. The van der Waals surface area contributed by atoms with Gasteiger partial charge in [-0.15, -0.1) is 11.3 Å². The number of ether oxygens (including phenoxy) is 3. The van der Waals surface area contributed by atoms with Gasteiger partial charge < -0.3 is 19.1 Å². The SMILES string of the molecule is COC(=O)c1sc(C(C)(C)C)cc1N(C(=O)[C@H]1CC[C@H](C)CC1)[C@H]1CC[C@H](OC2COC2)CC1. The van der Waals surface area contributed by atoms with Gasteiger partial charge in [-0.3, -0.25) is 4.79 Å². The van der Waals surface area contributed by atoms with Crippen molar-refractivity contribution < 1.29 is 23.8 Å². The minimum absolute atomic E-state index is 0.0285. The molecule has 1 aliphatic heterocycles. The summed E-state index contributed by atoms with van der Waals surface area (Å²) in [7, 11) is 1.42. The first kappa shape index (κ1) is 25.6. The zero-order valence-electron chi connectivity index (χ0n) is 21.4. The van der Waals surface area contributed by atoms with Crippen LogP contribution in [0.25, 0.3) is 0 Å². The summed E-state index contributed by atoms with van der Waals surface area (Å²) in [4.78, 5) is 30.6. The summed E-state index contributed by atoms with van der Waals surface area (Å²) in [5, 5.41) is 0. The van der Waals surface area contributed by atoms with E-state index in [-0.39, 0.29) is 41.5 Å². The van der Waals surface area contributed by atoms with Crippen LogP contribution in [0, 0.1) is 11.8 Å². The van der Waals surface area contributed by atoms with Gasteiger partial charge in [0.1, 0.15) is 11.0 Å². The lowest BCUT2D eigenvalue weighted by atomic mass is 9.81. The van der Waals surface area contributed by atoms with E-state index >= 15 is 0 Å². The van der Waals surface area contributed by atoms with Gasteiger partial charge in [-0.1, -0.05) is 27.7 Å². The van der Waals surface area contributed by atoms with E-state index < -0.39 is 0 Å². The molecule has 1 aromatic heterocycles. The fourth-order valence-corrected chi connectivity index (χ4v) is 6.50. The molecule has 0 spiro atoms. The summed E-state index contributed by atoms with van der Waals surface area (Å²) in [5.41, 5.74) is 0.638. The van der Waals surface area contributed by atoms with Gasteiger partial charge in [-0.25, -0.2) is 4.79 Å². The van der Waals surface area contributed by atoms with E-state index in [1.807, 2.05) is 4.90 Å². The molecular formula is C27H41NO5S. The molecule has 3 fully saturated rings. The molecule has 0 N–H and O–H groups in total. The number of hydrogen-bond acceptors (Lipinski definition) is 6. The van der Waals surface area contributed by atoms with Gasteiger partial charge in [-0.2, -0.15) is 0 Å². The maximum atomic E-state index is 14.1. The molecule has 1 saturated heterocycles. The van der Waals surface area contributed by atoms with Crippen molar-refractivity contribution in [2.45, 2.75) is 103 Å². The van der Waals surface area contributed by atoms with E-state index in [1.165, 1.54) is 18.4 Å². The second-order valence-corrected chi connectivity index (χ2v) is 12.5. The standard InChI is InChI=1S/C27H41NO5S/c1-17-6-8-18(9-7-17)25(29)28(19-10-12-20(13-11-19)33-21-15-32-16-21)22-14-23(27(2,3)4)34-24(22)26(30)31-5/h14,17-21H,6-13,15-16H2,1-5H3/t17-,18-,19-,20-. The first-order valence-electron chi connectivity index (χ1n) is 13.0. The Kier molecular flexibility index (Phi) is 8.05. The maximum absolute atomic E-state index is 14.1. The number of carbonyl (C=O) groups is 2. The van der Waals surface area contributed by atoms with Crippen LogP contribution in [0.4, 0.5) is 5.69 Å². The van der Waals surface area contributed by atoms with E-state index in [1.54, 1.807) is 0 Å². The highest BCUT2D eigenvalue weighted by atomic mass is 32.1. The van der Waals surface area contributed by atoms with Crippen molar-refractivity contribution in [1.82, 2.24) is 0 Å². The van der Waals surface area contributed by atoms with Gasteiger partial charge in [0, 0.05) is 16.8 Å². The summed E-state index contributed by atoms with van der Waals surface area (Å²) < 4.78 is 16.6. The Morgan fingerprint density at radius 3 is 2.18 bits per heavy atom. The number of esters is 1. The van der Waals surface area contributed by atoms with Gasteiger partial charge in [0.25, 0.3) is 0 Å². The fourth-order valence-electron chi connectivity index (χ4n) is 5.37. The summed E-state index contributed by atoms with van der Waals surface area (Å²) in [5.74, 6) is 0.542. The van der Waals surface area contributed by atoms with E-state index in [4.69, 9.17) is 14.2 Å². The quantitative estimate of drug-likeness (QED) is 0.476. The lowest BCUT2D eigenvalue weighted by molar-refractivity contribution is -0.160. The number of methoxy groups -OCH3 is 1. The molecule has 0 radical (unpaired) electrons. The number of thiophene rings is 1. The number of hydrogen-bond donors (Lipinski definition) is 0. The Morgan fingerprint density at radius 1 is 1.00 bits per heavy atom. The van der Waals surface area contributed by atoms with Crippen LogP contribution in [-0.2, 0) is 24.4 Å². The van der Waals surface area contributed by atoms with E-state index in [9.17, 15) is 9.59 Å². The Labute approximate surface area is 208 Å². The highest BCUT2D eigenvalue weighted by Gasteiger charge is 2.39. The first-order chi connectivity index (χ1) is 16.2. The van der Waals surface area contributed by atoms with Crippen LogP contribution in [-0.4, -0.2) is 50.4 Å². The van der Waals surface area contributed by atoms with Crippen molar-refractivity contribution in [3.8, 4) is 0 Å². The van der Waals surface area contributed by atoms with E-state index in [0.29, 0.717) is 24.0 Å². The molecule has 190 valence electrons. The van der Waals surface area contributed by atoms with E-state index in [0.717, 1.165) is 61.9 Å². The molecule has 3 aliphatic rings. The Bertz CT molecular complexity index is 855. The summed E-state index contributed by atoms with van der Waals surface area (Å²) in [6.07, 6.45) is 8.12. The molecule has 1 aromatic rings. The third-order valence-electron chi connectivity index (χ3n) is 7.69. The number of nitrogens with zero attached hydrogens (tertiary/aromatic N) is 1. The van der Waals surface area contributed by atoms with E-state index in [2.05, 4.69) is 33.8 Å². The molecule has 2 heterocycles. The van der Waals surface area contributed by atoms with Gasteiger partial charge in [-0.05, 0) is 68.8 Å². The molecule has 7 heteroatoms. The van der Waals surface area contributed by atoms with Crippen molar-refractivity contribution >= 4 is 28.9 Å². The van der Waals surface area contributed by atoms with Crippen molar-refractivity contribution in [2.24, 2.45) is 11.8 Å². The zero-order valence-corrected chi connectivity index (χ0v) is 22.2. The lowest BCUT2D eigenvalue weighted by Gasteiger charge is -2.40. The topological polar surface area (TPSA) is 65.1 Å². The monoisotopic (exact) mass is 491 g/mol. The number of anilines is 1. The number of rotatable bonds is 6. The zero-order chi connectivity index (χ0) is 24.5. The fraction of sp³-hybridized carbons (Fsp3) is 0.778. The minimum atomic E-state index is -0.354. The molecule has 6 nitrogen and oxygen atoms in total. The van der Waals surface area contributed by atoms with Crippen LogP contribution in [0.5, 0.6) is 0 Å². The Morgan fingerprint density at radius 2 is 1.65 bits per heavy atom. The average Bonchev–Trinajstić information content (AvgIpc) is 3.23. The lowest BCUT2D eigenvalue weighted by Crippen LogP contribution is -2.48. The predicted molar refractivity (Wildman–Crippen MR) is 135 cm³/mol. The Hall–Kier alpha value is -1.44. The van der Waals surface area contributed by atoms with Gasteiger partial charge in [0.05, 0.1) is 32.1 Å².